The quantitative estimate of drug-likeness (QED) is 0.186. The summed E-state index contributed by atoms with van der Waals surface area (Å²) in [5, 5.41) is 2.34. The molecule has 3 heterocycles. The maximum atomic E-state index is 6.65. The molecule has 0 atom stereocenters. The lowest BCUT2D eigenvalue weighted by molar-refractivity contribution is -0.00515. The van der Waals surface area contributed by atoms with Crippen LogP contribution >= 0.6 is 0 Å². The van der Waals surface area contributed by atoms with Crippen molar-refractivity contribution in [2.75, 3.05) is 0 Å². The van der Waals surface area contributed by atoms with E-state index in [0.717, 1.165) is 79.0 Å². The van der Waals surface area contributed by atoms with Gasteiger partial charge in [-0.25, -0.2) is 15.0 Å². The smallest absolute Gasteiger partial charge is 0.182 e. The van der Waals surface area contributed by atoms with Crippen molar-refractivity contribution in [2.24, 2.45) is 17.8 Å². The van der Waals surface area contributed by atoms with Gasteiger partial charge in [0.25, 0.3) is 0 Å². The second kappa shape index (κ2) is 10.7. The first-order chi connectivity index (χ1) is 24.7. The van der Waals surface area contributed by atoms with Crippen molar-refractivity contribution in [1.29, 1.82) is 0 Å². The van der Waals surface area contributed by atoms with Crippen LogP contribution in [0.5, 0.6) is 0 Å². The Kier molecular flexibility index (Phi) is 6.07. The van der Waals surface area contributed by atoms with E-state index in [0.29, 0.717) is 16.8 Å². The van der Waals surface area contributed by atoms with Gasteiger partial charge in [-0.2, -0.15) is 0 Å². The standard InChI is InChI=1S/C45H35N3O2/c1-3-7-30(8-4-1)38-22-39(48-44(47-38)31-9-5-2-6-10-31)37-16-15-34(42-43(37)49-26-46-42)32-11-13-35-36-14-12-33(21-41(36)50-40(35)20-32)45-23-27-17-28(24-45)19-29(18-27)25-45/h1-16,20-22,26-29H,17-19,23-25H2. The molecule has 4 aliphatic carbocycles. The van der Waals surface area contributed by atoms with Crippen LogP contribution in [0.25, 0.3) is 78.1 Å². The van der Waals surface area contributed by atoms with E-state index >= 15 is 0 Å². The van der Waals surface area contributed by atoms with Gasteiger partial charge in [0, 0.05) is 33.0 Å². The highest BCUT2D eigenvalue weighted by atomic mass is 16.3. The summed E-state index contributed by atoms with van der Waals surface area (Å²) < 4.78 is 12.8. The number of fused-ring (bicyclic) bond motifs is 4. The summed E-state index contributed by atoms with van der Waals surface area (Å²) in [7, 11) is 0. The van der Waals surface area contributed by atoms with E-state index in [2.05, 4.69) is 60.7 Å². The first-order valence-corrected chi connectivity index (χ1v) is 18.0. The molecule has 0 aliphatic heterocycles. The average molecular weight is 650 g/mol. The molecule has 0 radical (unpaired) electrons. The van der Waals surface area contributed by atoms with Gasteiger partial charge in [0.2, 0.25) is 0 Å². The lowest BCUT2D eigenvalue weighted by atomic mass is 9.48. The molecule has 5 nitrogen and oxygen atoms in total. The molecule has 8 aromatic rings. The van der Waals surface area contributed by atoms with Gasteiger partial charge in [0.05, 0.1) is 11.4 Å². The van der Waals surface area contributed by atoms with Crippen LogP contribution in [0.1, 0.15) is 44.1 Å². The molecule has 5 heteroatoms. The molecule has 3 aromatic heterocycles. The zero-order valence-electron chi connectivity index (χ0n) is 27.7. The highest BCUT2D eigenvalue weighted by molar-refractivity contribution is 6.07. The molecule has 4 fully saturated rings. The van der Waals surface area contributed by atoms with Crippen molar-refractivity contribution in [3.63, 3.8) is 0 Å². The number of benzene rings is 5. The fourth-order valence-electron chi connectivity index (χ4n) is 10.2. The van der Waals surface area contributed by atoms with Crippen molar-refractivity contribution in [1.82, 2.24) is 15.0 Å². The Balaban J connectivity index is 0.996. The summed E-state index contributed by atoms with van der Waals surface area (Å²) in [5.41, 5.74) is 11.8. The van der Waals surface area contributed by atoms with Crippen molar-refractivity contribution >= 4 is 33.0 Å². The molecular weight excluding hydrogens is 615 g/mol. The fourth-order valence-corrected chi connectivity index (χ4v) is 10.2. The van der Waals surface area contributed by atoms with Gasteiger partial charge in [-0.1, -0.05) is 84.9 Å². The Bertz CT molecular complexity index is 2490. The Morgan fingerprint density at radius 1 is 0.560 bits per heavy atom. The molecule has 0 saturated heterocycles. The summed E-state index contributed by atoms with van der Waals surface area (Å²) in [5.74, 6) is 3.42. The zero-order chi connectivity index (χ0) is 32.8. The minimum absolute atomic E-state index is 0.348. The van der Waals surface area contributed by atoms with E-state index in [1.165, 1.54) is 55.9 Å². The molecule has 242 valence electrons. The van der Waals surface area contributed by atoms with Crippen LogP contribution in [-0.4, -0.2) is 15.0 Å². The molecular formula is C45H35N3O2. The third-order valence-corrected chi connectivity index (χ3v) is 12.0. The van der Waals surface area contributed by atoms with Crippen molar-refractivity contribution in [3.05, 3.63) is 127 Å². The zero-order valence-corrected chi connectivity index (χ0v) is 27.7. The Morgan fingerprint density at radius 3 is 1.94 bits per heavy atom. The number of furan rings is 1. The van der Waals surface area contributed by atoms with Crippen molar-refractivity contribution in [2.45, 2.75) is 43.9 Å². The van der Waals surface area contributed by atoms with E-state index in [1.54, 1.807) is 0 Å². The summed E-state index contributed by atoms with van der Waals surface area (Å²) in [6, 6.07) is 40.2. The van der Waals surface area contributed by atoms with E-state index < -0.39 is 0 Å². The average Bonchev–Trinajstić information content (AvgIpc) is 3.79. The number of oxazole rings is 1. The first-order valence-electron chi connectivity index (χ1n) is 18.0. The van der Waals surface area contributed by atoms with Gasteiger partial charge in [0.1, 0.15) is 16.7 Å². The summed E-state index contributed by atoms with van der Waals surface area (Å²) >= 11 is 0. The number of hydrogen-bond acceptors (Lipinski definition) is 5. The van der Waals surface area contributed by atoms with Gasteiger partial charge in [-0.05, 0) is 103 Å². The maximum absolute atomic E-state index is 6.65. The minimum Gasteiger partial charge on any atom is -0.456 e. The lowest BCUT2D eigenvalue weighted by Gasteiger charge is -2.57. The normalized spacial score (nSPS) is 22.6. The fraction of sp³-hybridized carbons (Fsp3) is 0.222. The Labute approximate surface area is 290 Å². The molecule has 4 aliphatic rings. The van der Waals surface area contributed by atoms with Crippen LogP contribution in [0.2, 0.25) is 0 Å². The predicted molar refractivity (Wildman–Crippen MR) is 198 cm³/mol. The topological polar surface area (TPSA) is 65.0 Å². The number of rotatable bonds is 5. The van der Waals surface area contributed by atoms with Crippen LogP contribution < -0.4 is 0 Å². The maximum Gasteiger partial charge on any atom is 0.182 e. The van der Waals surface area contributed by atoms with Crippen LogP contribution in [-0.2, 0) is 5.41 Å². The molecule has 50 heavy (non-hydrogen) atoms. The minimum atomic E-state index is 0.348. The predicted octanol–water partition coefficient (Wildman–Crippen LogP) is 11.7. The molecule has 0 amide bonds. The molecule has 4 saturated carbocycles. The van der Waals surface area contributed by atoms with Crippen LogP contribution in [0.15, 0.2) is 130 Å². The molecule has 0 N–H and O–H groups in total. The van der Waals surface area contributed by atoms with E-state index in [9.17, 15) is 0 Å². The largest absolute Gasteiger partial charge is 0.456 e. The van der Waals surface area contributed by atoms with E-state index in [4.69, 9.17) is 23.8 Å². The summed E-state index contributed by atoms with van der Waals surface area (Å²) in [6.45, 7) is 0. The van der Waals surface area contributed by atoms with Crippen molar-refractivity contribution in [3.8, 4) is 45.0 Å². The second-order valence-electron chi connectivity index (χ2n) is 15.1. The van der Waals surface area contributed by atoms with Crippen LogP contribution in [0.3, 0.4) is 0 Å². The monoisotopic (exact) mass is 649 g/mol. The second-order valence-corrected chi connectivity index (χ2v) is 15.1. The van der Waals surface area contributed by atoms with Gasteiger partial charge in [-0.3, -0.25) is 0 Å². The van der Waals surface area contributed by atoms with Crippen LogP contribution in [0.4, 0.5) is 0 Å². The highest BCUT2D eigenvalue weighted by Gasteiger charge is 2.51. The number of aromatic nitrogens is 3. The Morgan fingerprint density at radius 2 is 1.20 bits per heavy atom. The summed E-state index contributed by atoms with van der Waals surface area (Å²) in [4.78, 5) is 14.7. The highest BCUT2D eigenvalue weighted by Crippen LogP contribution is 2.61. The molecule has 4 bridgehead atoms. The molecule has 0 unspecified atom stereocenters. The molecule has 5 aromatic carbocycles. The van der Waals surface area contributed by atoms with E-state index in [-0.39, 0.29) is 0 Å². The van der Waals surface area contributed by atoms with Gasteiger partial charge < -0.3 is 8.83 Å². The van der Waals surface area contributed by atoms with Crippen LogP contribution in [0, 0.1) is 17.8 Å². The first kappa shape index (κ1) is 28.3. The lowest BCUT2D eigenvalue weighted by Crippen LogP contribution is -2.48. The molecule has 12 rings (SSSR count). The number of nitrogens with zero attached hydrogens (tertiary/aromatic N) is 3. The van der Waals surface area contributed by atoms with Gasteiger partial charge >= 0.3 is 0 Å². The SMILES string of the molecule is c1ccc(-c2cc(-c3ccc(-c4ccc5c(c4)oc4cc(C67CC8CC(CC(C8)C6)C7)ccc45)c4ncoc34)nc(-c3ccccc3)n2)cc1. The number of hydrogen-bond donors (Lipinski definition) is 0. The summed E-state index contributed by atoms with van der Waals surface area (Å²) in [6.07, 6.45) is 9.96. The Hall–Kier alpha value is -5.55. The molecule has 0 spiro atoms. The van der Waals surface area contributed by atoms with Gasteiger partial charge in [0.15, 0.2) is 17.8 Å². The third kappa shape index (κ3) is 4.42. The van der Waals surface area contributed by atoms with E-state index in [1.807, 2.05) is 54.6 Å². The van der Waals surface area contributed by atoms with Crippen molar-refractivity contribution < 1.29 is 8.83 Å². The third-order valence-electron chi connectivity index (χ3n) is 12.0. The van der Waals surface area contributed by atoms with Gasteiger partial charge in [-0.15, -0.1) is 0 Å².